The molecule has 1 amide bonds. The number of hydrogen-bond donors (Lipinski definition) is 2. The minimum absolute atomic E-state index is 0.155. The average molecular weight is 412 g/mol. The average Bonchev–Trinajstić information content (AvgIpc) is 3.09. The molecule has 1 aliphatic carbocycles. The first-order valence-corrected chi connectivity index (χ1v) is 10.9. The lowest BCUT2D eigenvalue weighted by molar-refractivity contribution is 0.0475. The molecule has 0 radical (unpaired) electrons. The number of amides is 1. The number of fused-ring (bicyclic) bond motifs is 4. The number of nitrogens with one attached hydrogen (secondary N) is 2. The Hall–Kier alpha value is -2.68. The fourth-order valence-electron chi connectivity index (χ4n) is 5.11. The highest BCUT2D eigenvalue weighted by Crippen LogP contribution is 2.38. The third-order valence-electron chi connectivity index (χ3n) is 6.87. The quantitative estimate of drug-likeness (QED) is 0.683. The Labute approximate surface area is 175 Å². The van der Waals surface area contributed by atoms with Gasteiger partial charge in [-0.2, -0.15) is 10.1 Å². The predicted molar refractivity (Wildman–Crippen MR) is 113 cm³/mol. The van der Waals surface area contributed by atoms with Crippen LogP contribution in [0.2, 0.25) is 0 Å². The van der Waals surface area contributed by atoms with Crippen molar-refractivity contribution >= 4 is 11.9 Å². The Balaban J connectivity index is 1.24. The van der Waals surface area contributed by atoms with Crippen LogP contribution in [-0.4, -0.2) is 62.4 Å². The van der Waals surface area contributed by atoms with Gasteiger partial charge in [-0.15, -0.1) is 0 Å². The predicted octanol–water partition coefficient (Wildman–Crippen LogP) is 0.790. The summed E-state index contributed by atoms with van der Waals surface area (Å²) in [6.07, 6.45) is 6.60. The van der Waals surface area contributed by atoms with E-state index < -0.39 is 0 Å². The fraction of sp³-hybridized carbons (Fsp3) is 0.619. The number of anilines is 1. The second kappa shape index (κ2) is 7.86. The van der Waals surface area contributed by atoms with Gasteiger partial charge in [-0.05, 0) is 37.3 Å². The topological polar surface area (TPSA) is 97.1 Å². The zero-order valence-corrected chi connectivity index (χ0v) is 17.4. The van der Waals surface area contributed by atoms with Crippen LogP contribution in [0.15, 0.2) is 23.3 Å². The van der Waals surface area contributed by atoms with Crippen LogP contribution in [0.25, 0.3) is 0 Å². The number of carbonyl (C=O) groups excluding carboxylic acids is 1. The number of pyridine rings is 1. The van der Waals surface area contributed by atoms with Gasteiger partial charge in [-0.1, -0.05) is 6.42 Å². The molecule has 9 nitrogen and oxygen atoms in total. The van der Waals surface area contributed by atoms with Crippen molar-refractivity contribution in [1.29, 1.82) is 0 Å². The van der Waals surface area contributed by atoms with Gasteiger partial charge in [0, 0.05) is 57.4 Å². The number of aromatic nitrogens is 4. The third kappa shape index (κ3) is 3.51. The molecule has 2 atom stereocenters. The molecule has 160 valence electrons. The Morgan fingerprint density at radius 2 is 2.07 bits per heavy atom. The second-order valence-corrected chi connectivity index (χ2v) is 8.81. The number of likely N-dealkylation sites (tertiary alicyclic amines) is 1. The Bertz CT molecular complexity index is 993. The van der Waals surface area contributed by atoms with E-state index in [1.807, 2.05) is 10.6 Å². The SMILES string of the molecule is Cn1ncnc1NCCNC(=O)c1ccc2n(c1=O)C[C@H]1C[C@@H]2CN(C2CCC2)C1. The molecule has 2 aliphatic heterocycles. The number of rotatable bonds is 6. The van der Waals surface area contributed by atoms with Crippen molar-refractivity contribution < 1.29 is 4.79 Å². The first-order valence-electron chi connectivity index (χ1n) is 10.9. The van der Waals surface area contributed by atoms with Gasteiger partial charge < -0.3 is 15.2 Å². The number of aryl methyl sites for hydroxylation is 1. The van der Waals surface area contributed by atoms with Crippen LogP contribution >= 0.6 is 0 Å². The normalized spacial score (nSPS) is 23.5. The second-order valence-electron chi connectivity index (χ2n) is 8.81. The minimum Gasteiger partial charge on any atom is -0.353 e. The van der Waals surface area contributed by atoms with Gasteiger partial charge in [-0.3, -0.25) is 14.5 Å². The van der Waals surface area contributed by atoms with E-state index >= 15 is 0 Å². The number of piperidine rings is 1. The van der Waals surface area contributed by atoms with Crippen molar-refractivity contribution in [2.45, 2.75) is 44.2 Å². The van der Waals surface area contributed by atoms with E-state index in [9.17, 15) is 9.59 Å². The maximum absolute atomic E-state index is 13.1. The maximum Gasteiger partial charge on any atom is 0.263 e. The van der Waals surface area contributed by atoms with Crippen LogP contribution in [0.3, 0.4) is 0 Å². The molecule has 5 rings (SSSR count). The highest BCUT2D eigenvalue weighted by Gasteiger charge is 2.38. The monoisotopic (exact) mass is 411 g/mol. The van der Waals surface area contributed by atoms with Crippen molar-refractivity contribution in [1.82, 2.24) is 29.5 Å². The smallest absolute Gasteiger partial charge is 0.263 e. The van der Waals surface area contributed by atoms with E-state index in [1.165, 1.54) is 25.6 Å². The minimum atomic E-state index is -0.318. The van der Waals surface area contributed by atoms with E-state index in [-0.39, 0.29) is 17.0 Å². The molecule has 2 aromatic heterocycles. The third-order valence-corrected chi connectivity index (χ3v) is 6.87. The maximum atomic E-state index is 13.1. The first-order chi connectivity index (χ1) is 14.6. The Kier molecular flexibility index (Phi) is 5.06. The van der Waals surface area contributed by atoms with Crippen LogP contribution in [0.4, 0.5) is 5.95 Å². The largest absolute Gasteiger partial charge is 0.353 e. The fourth-order valence-corrected chi connectivity index (χ4v) is 5.11. The lowest BCUT2D eigenvalue weighted by Crippen LogP contribution is -2.52. The summed E-state index contributed by atoms with van der Waals surface area (Å²) in [5.41, 5.74) is 1.17. The molecular weight excluding hydrogens is 382 g/mol. The standard InChI is InChI=1S/C21H29N7O2/c1-26-21(24-13-25-26)23-8-7-22-19(29)17-5-6-18-15-9-14(11-28(18)20(17)30)10-27(12-15)16-3-2-4-16/h5-6,13-16H,2-4,7-12H2,1H3,(H,22,29)(H,23,24,25)/t14-,15+/m0/s1. The molecule has 9 heteroatoms. The summed E-state index contributed by atoms with van der Waals surface area (Å²) in [6, 6.07) is 4.45. The Morgan fingerprint density at radius 3 is 2.80 bits per heavy atom. The van der Waals surface area contributed by atoms with E-state index in [0.717, 1.165) is 37.8 Å². The molecule has 1 saturated heterocycles. The van der Waals surface area contributed by atoms with Crippen molar-refractivity contribution in [2.75, 3.05) is 31.5 Å². The highest BCUT2D eigenvalue weighted by molar-refractivity contribution is 5.93. The summed E-state index contributed by atoms with van der Waals surface area (Å²) in [5, 5.41) is 9.92. The van der Waals surface area contributed by atoms with Gasteiger partial charge in [0.2, 0.25) is 5.95 Å². The number of hydrogen-bond acceptors (Lipinski definition) is 6. The number of nitrogens with zero attached hydrogens (tertiary/aromatic N) is 5. The van der Waals surface area contributed by atoms with Crippen LogP contribution in [-0.2, 0) is 13.6 Å². The molecule has 0 spiro atoms. The summed E-state index contributed by atoms with van der Waals surface area (Å²) in [6.45, 7) is 3.75. The van der Waals surface area contributed by atoms with Gasteiger partial charge in [-0.25, -0.2) is 4.68 Å². The molecular formula is C21H29N7O2. The molecule has 30 heavy (non-hydrogen) atoms. The molecule has 0 aromatic carbocycles. The molecule has 3 aliphatic rings. The molecule has 2 aromatic rings. The van der Waals surface area contributed by atoms with Gasteiger partial charge in [0.05, 0.1) is 0 Å². The highest BCUT2D eigenvalue weighted by atomic mass is 16.2. The van der Waals surface area contributed by atoms with Crippen LogP contribution in [0.5, 0.6) is 0 Å². The van der Waals surface area contributed by atoms with Gasteiger partial charge in [0.25, 0.3) is 11.5 Å². The van der Waals surface area contributed by atoms with Gasteiger partial charge in [0.15, 0.2) is 0 Å². The van der Waals surface area contributed by atoms with Crippen molar-refractivity contribution in [3.63, 3.8) is 0 Å². The lowest BCUT2D eigenvalue weighted by Gasteiger charge is -2.48. The van der Waals surface area contributed by atoms with Crippen LogP contribution in [0.1, 0.15) is 47.7 Å². The molecule has 2 fully saturated rings. The van der Waals surface area contributed by atoms with E-state index in [4.69, 9.17) is 0 Å². The van der Waals surface area contributed by atoms with Crippen molar-refractivity contribution in [3.8, 4) is 0 Å². The summed E-state index contributed by atoms with van der Waals surface area (Å²) in [5.74, 6) is 1.23. The van der Waals surface area contributed by atoms with Crippen molar-refractivity contribution in [2.24, 2.45) is 13.0 Å². The van der Waals surface area contributed by atoms with Crippen molar-refractivity contribution in [3.05, 3.63) is 40.1 Å². The van der Waals surface area contributed by atoms with Crippen LogP contribution in [0, 0.1) is 5.92 Å². The zero-order valence-electron chi connectivity index (χ0n) is 17.4. The van der Waals surface area contributed by atoms with Gasteiger partial charge in [0.1, 0.15) is 11.9 Å². The van der Waals surface area contributed by atoms with Crippen LogP contribution < -0.4 is 16.2 Å². The number of carbonyl (C=O) groups is 1. The zero-order chi connectivity index (χ0) is 20.7. The molecule has 2 N–H and O–H groups in total. The Morgan fingerprint density at radius 1 is 1.20 bits per heavy atom. The molecule has 0 unspecified atom stereocenters. The molecule has 2 bridgehead atoms. The van der Waals surface area contributed by atoms with E-state index in [2.05, 4.69) is 25.6 Å². The summed E-state index contributed by atoms with van der Waals surface area (Å²) in [4.78, 5) is 32.4. The van der Waals surface area contributed by atoms with E-state index in [1.54, 1.807) is 17.8 Å². The first kappa shape index (κ1) is 19.3. The molecule has 4 heterocycles. The summed E-state index contributed by atoms with van der Waals surface area (Å²) >= 11 is 0. The summed E-state index contributed by atoms with van der Waals surface area (Å²) < 4.78 is 3.49. The van der Waals surface area contributed by atoms with Gasteiger partial charge >= 0.3 is 0 Å². The van der Waals surface area contributed by atoms with E-state index in [0.29, 0.717) is 30.9 Å². The lowest BCUT2D eigenvalue weighted by atomic mass is 9.80. The summed E-state index contributed by atoms with van der Waals surface area (Å²) in [7, 11) is 1.79. The molecule has 1 saturated carbocycles.